The van der Waals surface area contributed by atoms with E-state index in [0.29, 0.717) is 28.2 Å². The lowest BCUT2D eigenvalue weighted by atomic mass is 10.1. The molecular weight excluding hydrogens is 311 g/mol. The Morgan fingerprint density at radius 1 is 1.26 bits per heavy atom. The summed E-state index contributed by atoms with van der Waals surface area (Å²) in [6, 6.07) is 7.89. The van der Waals surface area contributed by atoms with Crippen LogP contribution in [0.4, 0.5) is 18.9 Å². The molecule has 0 fully saturated rings. The fourth-order valence-corrected chi connectivity index (χ4v) is 2.02. The minimum atomic E-state index is -4.93. The molecule has 0 spiro atoms. The van der Waals surface area contributed by atoms with Gasteiger partial charge in [0.2, 0.25) is 5.89 Å². The Morgan fingerprint density at radius 3 is 2.70 bits per heavy atom. The molecule has 0 aliphatic heterocycles. The van der Waals surface area contributed by atoms with Gasteiger partial charge < -0.3 is 9.73 Å². The zero-order valence-corrected chi connectivity index (χ0v) is 11.8. The molecule has 0 saturated carbocycles. The number of fused-ring (bicyclic) bond motifs is 1. The van der Waals surface area contributed by atoms with Crippen LogP contribution in [-0.4, -0.2) is 22.1 Å². The fraction of sp³-hybridized carbons (Fsp3) is 0.133. The Bertz CT molecular complexity index is 854. The average molecular weight is 321 g/mol. The van der Waals surface area contributed by atoms with E-state index in [1.165, 1.54) is 12.1 Å². The Kier molecular flexibility index (Phi) is 3.51. The summed E-state index contributed by atoms with van der Waals surface area (Å²) < 4.78 is 42.4. The molecule has 2 aromatic heterocycles. The number of halogens is 3. The molecule has 5 nitrogen and oxygen atoms in total. The Balaban J connectivity index is 1.91. The molecule has 0 bridgehead atoms. The Morgan fingerprint density at radius 2 is 2.04 bits per heavy atom. The fourth-order valence-electron chi connectivity index (χ4n) is 2.02. The maximum absolute atomic E-state index is 12.3. The van der Waals surface area contributed by atoms with Crippen molar-refractivity contribution in [2.45, 2.75) is 13.1 Å². The van der Waals surface area contributed by atoms with Crippen LogP contribution in [0, 0.1) is 6.92 Å². The van der Waals surface area contributed by atoms with E-state index in [4.69, 9.17) is 4.42 Å². The highest BCUT2D eigenvalue weighted by molar-refractivity contribution is 5.95. The Hall–Kier alpha value is -2.90. The third kappa shape index (κ3) is 3.01. The number of carbonyl (C=O) groups excluding carboxylic acids is 1. The van der Waals surface area contributed by atoms with Crippen LogP contribution in [0.3, 0.4) is 0 Å². The number of hydrogen-bond acceptors (Lipinski definition) is 4. The highest BCUT2D eigenvalue weighted by atomic mass is 19.4. The smallest absolute Gasteiger partial charge is 0.434 e. The molecule has 0 radical (unpaired) electrons. The van der Waals surface area contributed by atoms with Gasteiger partial charge in [0.1, 0.15) is 0 Å². The summed E-state index contributed by atoms with van der Waals surface area (Å²) in [4.78, 5) is 19.2. The van der Waals surface area contributed by atoms with Crippen molar-refractivity contribution in [2.24, 2.45) is 0 Å². The first-order valence-electron chi connectivity index (χ1n) is 6.55. The van der Waals surface area contributed by atoms with Crippen molar-refractivity contribution in [3.05, 3.63) is 42.1 Å². The highest BCUT2D eigenvalue weighted by Crippen LogP contribution is 2.27. The normalized spacial score (nSPS) is 11.7. The summed E-state index contributed by atoms with van der Waals surface area (Å²) in [5.41, 5.74) is 2.05. The number of hydrogen-bond donors (Lipinski definition) is 1. The van der Waals surface area contributed by atoms with Gasteiger partial charge in [-0.25, -0.2) is 4.98 Å². The number of alkyl halides is 3. The Labute approximate surface area is 128 Å². The summed E-state index contributed by atoms with van der Waals surface area (Å²) in [5.74, 6) is -1.71. The molecule has 0 aliphatic rings. The van der Waals surface area contributed by atoms with Crippen molar-refractivity contribution in [1.29, 1.82) is 0 Å². The largest absolute Gasteiger partial charge is 0.471 e. The predicted molar refractivity (Wildman–Crippen MR) is 76.7 cm³/mol. The van der Waals surface area contributed by atoms with E-state index in [1.54, 1.807) is 31.3 Å². The molecule has 8 heteroatoms. The number of anilines is 1. The second-order valence-electron chi connectivity index (χ2n) is 4.83. The number of nitrogens with one attached hydrogen (secondary N) is 1. The molecule has 23 heavy (non-hydrogen) atoms. The van der Waals surface area contributed by atoms with Gasteiger partial charge >= 0.3 is 12.1 Å². The first-order chi connectivity index (χ1) is 10.8. The van der Waals surface area contributed by atoms with Crippen LogP contribution in [-0.2, 0) is 4.79 Å². The highest BCUT2D eigenvalue weighted by Gasteiger charge is 2.38. The van der Waals surface area contributed by atoms with Crippen LogP contribution in [0.5, 0.6) is 0 Å². The van der Waals surface area contributed by atoms with E-state index in [-0.39, 0.29) is 5.69 Å². The van der Waals surface area contributed by atoms with Crippen molar-refractivity contribution >= 4 is 22.8 Å². The lowest BCUT2D eigenvalue weighted by Gasteiger charge is -2.10. The molecule has 1 amide bonds. The third-order valence-corrected chi connectivity index (χ3v) is 3.14. The third-order valence-electron chi connectivity index (χ3n) is 3.14. The number of aromatic nitrogens is 2. The second kappa shape index (κ2) is 5.38. The maximum Gasteiger partial charge on any atom is 0.471 e. The van der Waals surface area contributed by atoms with E-state index in [1.807, 2.05) is 5.32 Å². The van der Waals surface area contributed by atoms with Crippen LogP contribution in [0.25, 0.3) is 22.7 Å². The lowest BCUT2D eigenvalue weighted by molar-refractivity contribution is -0.167. The number of amides is 1. The van der Waals surface area contributed by atoms with Crippen LogP contribution in [0.15, 0.2) is 40.9 Å². The van der Waals surface area contributed by atoms with Crippen LogP contribution >= 0.6 is 0 Å². The molecule has 1 N–H and O–H groups in total. The van der Waals surface area contributed by atoms with Crippen molar-refractivity contribution in [1.82, 2.24) is 9.97 Å². The van der Waals surface area contributed by atoms with Crippen LogP contribution in [0.1, 0.15) is 5.56 Å². The number of pyridine rings is 1. The molecule has 0 unspecified atom stereocenters. The van der Waals surface area contributed by atoms with Crippen molar-refractivity contribution in [3.63, 3.8) is 0 Å². The van der Waals surface area contributed by atoms with E-state index < -0.39 is 12.1 Å². The van der Waals surface area contributed by atoms with Crippen molar-refractivity contribution < 1.29 is 22.4 Å². The number of rotatable bonds is 2. The van der Waals surface area contributed by atoms with Gasteiger partial charge in [-0.15, -0.1) is 0 Å². The average Bonchev–Trinajstić information content (AvgIpc) is 2.92. The molecule has 3 aromatic rings. The van der Waals surface area contributed by atoms with Crippen molar-refractivity contribution in [2.75, 3.05) is 5.32 Å². The van der Waals surface area contributed by atoms with Crippen LogP contribution < -0.4 is 5.32 Å². The first kappa shape index (κ1) is 15.0. The van der Waals surface area contributed by atoms with Gasteiger partial charge in [0.05, 0.1) is 0 Å². The zero-order chi connectivity index (χ0) is 16.6. The predicted octanol–water partition coefficient (Wildman–Crippen LogP) is 3.70. The molecule has 2 heterocycles. The van der Waals surface area contributed by atoms with Gasteiger partial charge in [0.15, 0.2) is 11.2 Å². The van der Waals surface area contributed by atoms with Gasteiger partial charge in [-0.05, 0) is 42.8 Å². The first-order valence-corrected chi connectivity index (χ1v) is 6.55. The topological polar surface area (TPSA) is 68.0 Å². The standard InChI is InChI=1S/C15H10F3N3O2/c1-8-7-9(4-5-10(8)20-14(22)15(16,17)18)13-21-12-11(23-13)3-2-6-19-12/h2-7H,1H3,(H,20,22). The molecule has 0 saturated heterocycles. The molecule has 0 atom stereocenters. The quantitative estimate of drug-likeness (QED) is 0.781. The summed E-state index contributed by atoms with van der Waals surface area (Å²) in [7, 11) is 0. The molecule has 0 aliphatic carbocycles. The monoisotopic (exact) mass is 321 g/mol. The minimum absolute atomic E-state index is 0.0744. The van der Waals surface area contributed by atoms with Crippen molar-refractivity contribution in [3.8, 4) is 11.5 Å². The summed E-state index contributed by atoms with van der Waals surface area (Å²) in [6.07, 6.45) is -3.35. The second-order valence-corrected chi connectivity index (χ2v) is 4.83. The molecule has 1 aromatic carbocycles. The SMILES string of the molecule is Cc1cc(-c2nc3ncccc3o2)ccc1NC(=O)C(F)(F)F. The van der Waals surface area contributed by atoms with Gasteiger partial charge in [-0.3, -0.25) is 4.79 Å². The van der Waals surface area contributed by atoms with Crippen LogP contribution in [0.2, 0.25) is 0 Å². The zero-order valence-electron chi connectivity index (χ0n) is 11.8. The summed E-state index contributed by atoms with van der Waals surface area (Å²) in [6.45, 7) is 1.58. The van der Waals surface area contributed by atoms with E-state index >= 15 is 0 Å². The van der Waals surface area contributed by atoms with E-state index in [2.05, 4.69) is 9.97 Å². The van der Waals surface area contributed by atoms with E-state index in [0.717, 1.165) is 0 Å². The van der Waals surface area contributed by atoms with E-state index in [9.17, 15) is 18.0 Å². The van der Waals surface area contributed by atoms with Gasteiger partial charge in [-0.2, -0.15) is 18.2 Å². The van der Waals surface area contributed by atoms with Gasteiger partial charge in [0.25, 0.3) is 0 Å². The molecule has 3 rings (SSSR count). The van der Waals surface area contributed by atoms with Gasteiger partial charge in [-0.1, -0.05) is 0 Å². The number of carbonyl (C=O) groups is 1. The molecule has 118 valence electrons. The number of oxazole rings is 1. The molecular formula is C15H10F3N3O2. The lowest BCUT2D eigenvalue weighted by Crippen LogP contribution is -2.30. The van der Waals surface area contributed by atoms with Gasteiger partial charge in [0, 0.05) is 17.4 Å². The summed E-state index contributed by atoms with van der Waals surface area (Å²) >= 11 is 0. The number of nitrogens with zero attached hydrogens (tertiary/aromatic N) is 2. The summed E-state index contributed by atoms with van der Waals surface area (Å²) in [5, 5.41) is 1.83. The minimum Gasteiger partial charge on any atom is -0.434 e. The number of benzene rings is 1. The maximum atomic E-state index is 12.3. The number of aryl methyl sites for hydroxylation is 1.